The molecule has 4 heteroatoms. The Hall–Kier alpha value is -0.610. The number of carboxylic acid groups (broad SMARTS) is 1. The van der Waals surface area contributed by atoms with E-state index in [9.17, 15) is 9.90 Å². The predicted molar refractivity (Wildman–Crippen MR) is 65.0 cm³/mol. The summed E-state index contributed by atoms with van der Waals surface area (Å²) in [6.07, 6.45) is 8.10. The van der Waals surface area contributed by atoms with Crippen molar-refractivity contribution in [3.05, 3.63) is 0 Å². The molecule has 0 radical (unpaired) electrons. The molecule has 0 aromatic heterocycles. The van der Waals surface area contributed by atoms with Gasteiger partial charge in [-0.1, -0.05) is 12.8 Å². The normalized spacial score (nSPS) is 35.5. The molecule has 4 nitrogen and oxygen atoms in total. The molecule has 1 unspecified atom stereocenters. The summed E-state index contributed by atoms with van der Waals surface area (Å²) in [6, 6.07) is 1.12. The zero-order chi connectivity index (χ0) is 11.9. The van der Waals surface area contributed by atoms with Crippen LogP contribution in [0.1, 0.15) is 44.9 Å². The van der Waals surface area contributed by atoms with Gasteiger partial charge < -0.3 is 5.11 Å². The zero-order valence-electron chi connectivity index (χ0n) is 10.3. The second-order valence-electron chi connectivity index (χ2n) is 5.96. The van der Waals surface area contributed by atoms with Crippen LogP contribution in [-0.2, 0) is 4.79 Å². The van der Waals surface area contributed by atoms with Gasteiger partial charge in [0.25, 0.3) is 0 Å². The Labute approximate surface area is 102 Å². The van der Waals surface area contributed by atoms with Gasteiger partial charge in [0.15, 0.2) is 0 Å². The fraction of sp³-hybridized carbons (Fsp3) is 0.923. The second kappa shape index (κ2) is 4.25. The minimum atomic E-state index is -0.655. The molecule has 3 fully saturated rings. The highest BCUT2D eigenvalue weighted by Crippen LogP contribution is 2.34. The Balaban J connectivity index is 1.67. The number of carbonyl (C=O) groups is 1. The summed E-state index contributed by atoms with van der Waals surface area (Å²) < 4.78 is 0. The minimum Gasteiger partial charge on any atom is -0.480 e. The van der Waals surface area contributed by atoms with Gasteiger partial charge in [0.2, 0.25) is 0 Å². The maximum atomic E-state index is 11.6. The molecular weight excluding hydrogens is 216 g/mol. The van der Waals surface area contributed by atoms with Gasteiger partial charge in [-0.2, -0.15) is 0 Å². The van der Waals surface area contributed by atoms with Crippen molar-refractivity contribution < 1.29 is 9.90 Å². The monoisotopic (exact) mass is 238 g/mol. The van der Waals surface area contributed by atoms with Crippen LogP contribution in [0, 0.1) is 0 Å². The highest BCUT2D eigenvalue weighted by atomic mass is 16.4. The Morgan fingerprint density at radius 2 is 1.94 bits per heavy atom. The maximum absolute atomic E-state index is 11.6. The number of nitrogens with zero attached hydrogens (tertiary/aromatic N) is 1. The van der Waals surface area contributed by atoms with Crippen molar-refractivity contribution in [3.8, 4) is 0 Å². The van der Waals surface area contributed by atoms with Gasteiger partial charge in [0, 0.05) is 25.2 Å². The summed E-state index contributed by atoms with van der Waals surface area (Å²) in [7, 11) is 0. The van der Waals surface area contributed by atoms with Gasteiger partial charge in [0.1, 0.15) is 5.54 Å². The number of hydrogen-bond acceptors (Lipinski definition) is 3. The molecule has 1 atom stereocenters. The SMILES string of the molecule is O=C(O)C1(NC2CCCC2)CCN(C2CC2)C1. The van der Waals surface area contributed by atoms with Crippen LogP contribution < -0.4 is 5.32 Å². The van der Waals surface area contributed by atoms with Crippen LogP contribution in [0.2, 0.25) is 0 Å². The van der Waals surface area contributed by atoms with Gasteiger partial charge >= 0.3 is 5.97 Å². The molecule has 0 amide bonds. The molecule has 3 rings (SSSR count). The van der Waals surface area contributed by atoms with Gasteiger partial charge in [-0.05, 0) is 32.1 Å². The fourth-order valence-electron chi connectivity index (χ4n) is 3.41. The Morgan fingerprint density at radius 3 is 2.53 bits per heavy atom. The molecule has 1 saturated heterocycles. The largest absolute Gasteiger partial charge is 0.480 e. The van der Waals surface area contributed by atoms with E-state index in [0.29, 0.717) is 18.6 Å². The van der Waals surface area contributed by atoms with Crippen molar-refractivity contribution >= 4 is 5.97 Å². The van der Waals surface area contributed by atoms with Crippen LogP contribution in [0.5, 0.6) is 0 Å². The molecule has 2 saturated carbocycles. The number of rotatable bonds is 4. The smallest absolute Gasteiger partial charge is 0.325 e. The molecule has 2 aliphatic carbocycles. The molecule has 0 aromatic rings. The zero-order valence-corrected chi connectivity index (χ0v) is 10.3. The van der Waals surface area contributed by atoms with Crippen LogP contribution in [-0.4, -0.2) is 46.7 Å². The Morgan fingerprint density at radius 1 is 1.24 bits per heavy atom. The lowest BCUT2D eigenvalue weighted by atomic mass is 9.97. The summed E-state index contributed by atoms with van der Waals surface area (Å²) in [5.41, 5.74) is -0.655. The van der Waals surface area contributed by atoms with Crippen molar-refractivity contribution in [1.82, 2.24) is 10.2 Å². The van der Waals surface area contributed by atoms with Crippen LogP contribution in [0.15, 0.2) is 0 Å². The van der Waals surface area contributed by atoms with E-state index >= 15 is 0 Å². The Kier molecular flexibility index (Phi) is 2.87. The van der Waals surface area contributed by atoms with E-state index in [0.717, 1.165) is 25.8 Å². The molecule has 0 spiro atoms. The lowest BCUT2D eigenvalue weighted by molar-refractivity contribution is -0.144. The summed E-state index contributed by atoms with van der Waals surface area (Å²) in [5.74, 6) is -0.646. The summed E-state index contributed by atoms with van der Waals surface area (Å²) in [6.45, 7) is 1.67. The molecule has 96 valence electrons. The number of hydrogen-bond donors (Lipinski definition) is 2. The van der Waals surface area contributed by atoms with Crippen LogP contribution in [0.25, 0.3) is 0 Å². The summed E-state index contributed by atoms with van der Waals surface area (Å²) in [5, 5.41) is 13.0. The van der Waals surface area contributed by atoms with Gasteiger partial charge in [-0.3, -0.25) is 15.0 Å². The lowest BCUT2D eigenvalue weighted by Crippen LogP contribution is -2.57. The maximum Gasteiger partial charge on any atom is 0.325 e. The van der Waals surface area contributed by atoms with Crippen molar-refractivity contribution in [3.63, 3.8) is 0 Å². The van der Waals surface area contributed by atoms with E-state index in [4.69, 9.17) is 0 Å². The lowest BCUT2D eigenvalue weighted by Gasteiger charge is -2.29. The summed E-state index contributed by atoms with van der Waals surface area (Å²) >= 11 is 0. The first-order valence-corrected chi connectivity index (χ1v) is 6.95. The number of nitrogens with one attached hydrogen (secondary N) is 1. The van der Waals surface area contributed by atoms with E-state index < -0.39 is 11.5 Å². The molecule has 3 aliphatic rings. The first-order chi connectivity index (χ1) is 8.20. The van der Waals surface area contributed by atoms with E-state index in [1.165, 1.54) is 25.7 Å². The quantitative estimate of drug-likeness (QED) is 0.773. The van der Waals surface area contributed by atoms with Gasteiger partial charge in [-0.25, -0.2) is 0 Å². The highest BCUT2D eigenvalue weighted by molar-refractivity contribution is 5.79. The molecule has 17 heavy (non-hydrogen) atoms. The molecule has 1 heterocycles. The number of likely N-dealkylation sites (tertiary alicyclic amines) is 1. The highest BCUT2D eigenvalue weighted by Gasteiger charge is 2.49. The number of aliphatic carboxylic acids is 1. The summed E-state index contributed by atoms with van der Waals surface area (Å²) in [4.78, 5) is 14.0. The third kappa shape index (κ3) is 2.20. The van der Waals surface area contributed by atoms with E-state index in [2.05, 4.69) is 10.2 Å². The average molecular weight is 238 g/mol. The van der Waals surface area contributed by atoms with E-state index in [1.807, 2.05) is 0 Å². The molecular formula is C13H22N2O2. The van der Waals surface area contributed by atoms with Crippen molar-refractivity contribution in [2.45, 2.75) is 62.6 Å². The van der Waals surface area contributed by atoms with Crippen LogP contribution in [0.3, 0.4) is 0 Å². The first-order valence-electron chi connectivity index (χ1n) is 6.95. The molecule has 0 aromatic carbocycles. The van der Waals surface area contributed by atoms with Crippen molar-refractivity contribution in [1.29, 1.82) is 0 Å². The van der Waals surface area contributed by atoms with Gasteiger partial charge in [-0.15, -0.1) is 0 Å². The van der Waals surface area contributed by atoms with E-state index in [-0.39, 0.29) is 0 Å². The van der Waals surface area contributed by atoms with Crippen LogP contribution in [0.4, 0.5) is 0 Å². The third-order valence-corrected chi connectivity index (χ3v) is 4.61. The molecule has 1 aliphatic heterocycles. The minimum absolute atomic E-state index is 0.435. The van der Waals surface area contributed by atoms with Crippen molar-refractivity contribution in [2.24, 2.45) is 0 Å². The Bertz CT molecular complexity index is 311. The van der Waals surface area contributed by atoms with E-state index in [1.54, 1.807) is 0 Å². The topological polar surface area (TPSA) is 52.6 Å². The predicted octanol–water partition coefficient (Wildman–Crippen LogP) is 1.21. The second-order valence-corrected chi connectivity index (χ2v) is 5.96. The fourth-order valence-corrected chi connectivity index (χ4v) is 3.41. The first kappa shape index (κ1) is 11.5. The van der Waals surface area contributed by atoms with Crippen molar-refractivity contribution in [2.75, 3.05) is 13.1 Å². The average Bonchev–Trinajstić information content (AvgIpc) is 2.87. The van der Waals surface area contributed by atoms with Gasteiger partial charge in [0.05, 0.1) is 0 Å². The third-order valence-electron chi connectivity index (χ3n) is 4.61. The van der Waals surface area contributed by atoms with Crippen LogP contribution >= 0.6 is 0 Å². The standard InChI is InChI=1S/C13H22N2O2/c16-12(17)13(14-10-3-1-2-4-10)7-8-15(9-13)11-5-6-11/h10-11,14H,1-9H2,(H,16,17). The molecule has 0 bridgehead atoms. The molecule has 2 N–H and O–H groups in total. The number of carboxylic acids is 1.